The fraction of sp³-hybridized carbons (Fsp3) is 0.200. The molecule has 0 amide bonds. The lowest BCUT2D eigenvalue weighted by Gasteiger charge is -1.98. The molecule has 0 saturated carbocycles. The largest absolute Gasteiger partial charge is 0.380 e. The Morgan fingerprint density at radius 1 is 1.09 bits per heavy atom. The molecular formula is C10H12O. The van der Waals surface area contributed by atoms with Crippen molar-refractivity contribution in [1.82, 2.24) is 0 Å². The first-order valence-corrected chi connectivity index (χ1v) is 3.63. The second-order valence-electron chi connectivity index (χ2n) is 2.30. The molecule has 0 spiro atoms. The minimum atomic E-state index is 0.675. The molecule has 1 nitrogen and oxygen atoms in total. The Hall–Kier alpha value is -1.08. The maximum absolute atomic E-state index is 5.00. The highest BCUT2D eigenvalue weighted by atomic mass is 16.5. The highest BCUT2D eigenvalue weighted by Gasteiger charge is 1.88. The van der Waals surface area contributed by atoms with Crippen molar-refractivity contribution in [1.29, 1.82) is 0 Å². The zero-order valence-corrected chi connectivity index (χ0v) is 6.66. The predicted molar refractivity (Wildman–Crippen MR) is 47.4 cm³/mol. The van der Waals surface area contributed by atoms with Crippen molar-refractivity contribution < 1.29 is 4.74 Å². The summed E-state index contributed by atoms with van der Waals surface area (Å²) < 4.78 is 5.00. The molecule has 0 aromatic heterocycles. The fourth-order valence-electron chi connectivity index (χ4n) is 0.869. The van der Waals surface area contributed by atoms with Crippen molar-refractivity contribution in [3.63, 3.8) is 0 Å². The topological polar surface area (TPSA) is 9.23 Å². The van der Waals surface area contributed by atoms with Gasteiger partial charge in [0, 0.05) is 7.11 Å². The van der Waals surface area contributed by atoms with Gasteiger partial charge >= 0.3 is 0 Å². The van der Waals surface area contributed by atoms with Gasteiger partial charge in [-0.3, -0.25) is 0 Å². The number of hydrogen-bond donors (Lipinski definition) is 0. The van der Waals surface area contributed by atoms with Crippen molar-refractivity contribution in [3.8, 4) is 0 Å². The van der Waals surface area contributed by atoms with E-state index in [0.29, 0.717) is 6.61 Å². The van der Waals surface area contributed by atoms with E-state index in [1.165, 1.54) is 5.57 Å². The van der Waals surface area contributed by atoms with Crippen LogP contribution in [0.5, 0.6) is 0 Å². The Labute approximate surface area is 67.4 Å². The lowest BCUT2D eigenvalue weighted by atomic mass is 10.2. The van der Waals surface area contributed by atoms with Crippen LogP contribution in [0.25, 0.3) is 0 Å². The van der Waals surface area contributed by atoms with Gasteiger partial charge in [-0.1, -0.05) is 42.5 Å². The van der Waals surface area contributed by atoms with E-state index in [0.717, 1.165) is 0 Å². The third-order valence-electron chi connectivity index (χ3n) is 1.38. The highest BCUT2D eigenvalue weighted by Crippen LogP contribution is 2.00. The number of hydrogen-bond acceptors (Lipinski definition) is 1. The molecule has 0 atom stereocenters. The van der Waals surface area contributed by atoms with Crippen LogP contribution in [-0.2, 0) is 4.74 Å². The Bertz CT molecular complexity index is 219. The number of ether oxygens (including phenoxy) is 1. The first-order valence-electron chi connectivity index (χ1n) is 3.63. The molecule has 0 heterocycles. The van der Waals surface area contributed by atoms with Gasteiger partial charge in [0.2, 0.25) is 0 Å². The van der Waals surface area contributed by atoms with Crippen LogP contribution in [0.15, 0.2) is 48.1 Å². The summed E-state index contributed by atoms with van der Waals surface area (Å²) in [7, 11) is 1.70. The summed E-state index contributed by atoms with van der Waals surface area (Å²) in [6.07, 6.45) is 14.1. The molecule has 0 aromatic carbocycles. The van der Waals surface area contributed by atoms with Gasteiger partial charge in [-0.15, -0.1) is 0 Å². The van der Waals surface area contributed by atoms with Crippen LogP contribution in [0.2, 0.25) is 0 Å². The van der Waals surface area contributed by atoms with Crippen LogP contribution in [-0.4, -0.2) is 13.7 Å². The molecule has 0 aliphatic heterocycles. The average molecular weight is 148 g/mol. The summed E-state index contributed by atoms with van der Waals surface area (Å²) in [5.41, 5.74) is 1.19. The standard InChI is InChI=1S/C10H12O/c1-11-9-10-7-5-3-2-4-6-8-10/h2-8H,9H2,1H3/b3-2-,4-2?,5-3?,6-4-,7-5-,8-6?,10-7?,10-8+. The predicted octanol–water partition coefficient (Wildman–Crippen LogP) is 2.24. The normalized spacial score (nSPS) is 29.4. The second kappa shape index (κ2) is 4.69. The van der Waals surface area contributed by atoms with Crippen LogP contribution >= 0.6 is 0 Å². The molecule has 1 aliphatic carbocycles. The van der Waals surface area contributed by atoms with Crippen molar-refractivity contribution in [2.24, 2.45) is 0 Å². The molecule has 0 aromatic rings. The van der Waals surface area contributed by atoms with Crippen LogP contribution in [0.3, 0.4) is 0 Å². The molecule has 0 N–H and O–H groups in total. The summed E-state index contributed by atoms with van der Waals surface area (Å²) in [4.78, 5) is 0. The van der Waals surface area contributed by atoms with E-state index in [2.05, 4.69) is 0 Å². The fourth-order valence-corrected chi connectivity index (χ4v) is 0.869. The number of methoxy groups -OCH3 is 1. The molecule has 0 radical (unpaired) electrons. The van der Waals surface area contributed by atoms with E-state index in [9.17, 15) is 0 Å². The van der Waals surface area contributed by atoms with E-state index in [-0.39, 0.29) is 0 Å². The van der Waals surface area contributed by atoms with Gasteiger partial charge in [-0.25, -0.2) is 0 Å². The van der Waals surface area contributed by atoms with Crippen LogP contribution in [0.1, 0.15) is 0 Å². The van der Waals surface area contributed by atoms with E-state index in [4.69, 9.17) is 4.74 Å². The van der Waals surface area contributed by atoms with Crippen LogP contribution in [0, 0.1) is 0 Å². The van der Waals surface area contributed by atoms with Crippen molar-refractivity contribution in [2.45, 2.75) is 0 Å². The average Bonchev–Trinajstić information content (AvgIpc) is 1.94. The number of rotatable bonds is 2. The first-order chi connectivity index (χ1) is 5.43. The van der Waals surface area contributed by atoms with Crippen LogP contribution in [0.4, 0.5) is 0 Å². The van der Waals surface area contributed by atoms with Gasteiger partial charge in [-0.2, -0.15) is 0 Å². The molecule has 0 bridgehead atoms. The SMILES string of the molecule is COCC1=C/C=C\C=C/C=C\1. The summed E-state index contributed by atoms with van der Waals surface area (Å²) in [6, 6.07) is 0. The van der Waals surface area contributed by atoms with E-state index in [1.807, 2.05) is 42.5 Å². The zero-order valence-electron chi connectivity index (χ0n) is 6.66. The molecule has 0 saturated heterocycles. The van der Waals surface area contributed by atoms with E-state index < -0.39 is 0 Å². The molecule has 11 heavy (non-hydrogen) atoms. The minimum absolute atomic E-state index is 0.675. The molecule has 0 unspecified atom stereocenters. The molecule has 58 valence electrons. The van der Waals surface area contributed by atoms with Gasteiger partial charge in [0.15, 0.2) is 0 Å². The summed E-state index contributed by atoms with van der Waals surface area (Å²) in [5, 5.41) is 0. The third kappa shape index (κ3) is 3.01. The first kappa shape index (κ1) is 8.02. The Morgan fingerprint density at radius 3 is 2.64 bits per heavy atom. The van der Waals surface area contributed by atoms with Gasteiger partial charge in [0.25, 0.3) is 0 Å². The van der Waals surface area contributed by atoms with Crippen LogP contribution < -0.4 is 0 Å². The molecule has 1 aliphatic rings. The van der Waals surface area contributed by atoms with Crippen molar-refractivity contribution >= 4 is 0 Å². The minimum Gasteiger partial charge on any atom is -0.380 e. The van der Waals surface area contributed by atoms with Gasteiger partial charge < -0.3 is 4.74 Å². The number of allylic oxidation sites excluding steroid dienone is 6. The van der Waals surface area contributed by atoms with Crippen molar-refractivity contribution in [3.05, 3.63) is 48.1 Å². The Balaban J connectivity index is 2.62. The smallest absolute Gasteiger partial charge is 0.0713 e. The maximum atomic E-state index is 5.00. The quantitative estimate of drug-likeness (QED) is 0.583. The molecule has 1 heteroatoms. The molecule has 0 fully saturated rings. The van der Waals surface area contributed by atoms with E-state index in [1.54, 1.807) is 7.11 Å². The third-order valence-corrected chi connectivity index (χ3v) is 1.38. The maximum Gasteiger partial charge on any atom is 0.0713 e. The zero-order chi connectivity index (χ0) is 7.94. The van der Waals surface area contributed by atoms with Crippen molar-refractivity contribution in [2.75, 3.05) is 13.7 Å². The summed E-state index contributed by atoms with van der Waals surface area (Å²) in [5.74, 6) is 0. The lowest BCUT2D eigenvalue weighted by molar-refractivity contribution is 0.228. The summed E-state index contributed by atoms with van der Waals surface area (Å²) >= 11 is 0. The molecular weight excluding hydrogens is 136 g/mol. The van der Waals surface area contributed by atoms with Gasteiger partial charge in [0.1, 0.15) is 0 Å². The summed E-state index contributed by atoms with van der Waals surface area (Å²) in [6.45, 7) is 0.675. The Morgan fingerprint density at radius 2 is 1.82 bits per heavy atom. The second-order valence-corrected chi connectivity index (χ2v) is 2.30. The lowest BCUT2D eigenvalue weighted by Crippen LogP contribution is -1.90. The monoisotopic (exact) mass is 148 g/mol. The van der Waals surface area contributed by atoms with Gasteiger partial charge in [-0.05, 0) is 5.57 Å². The van der Waals surface area contributed by atoms with Gasteiger partial charge in [0.05, 0.1) is 6.61 Å². The van der Waals surface area contributed by atoms with E-state index >= 15 is 0 Å². The Kier molecular flexibility index (Phi) is 3.42. The highest BCUT2D eigenvalue weighted by molar-refractivity contribution is 5.31. The molecule has 1 rings (SSSR count).